The maximum atomic E-state index is 13.8. The van der Waals surface area contributed by atoms with Crippen molar-refractivity contribution in [2.24, 2.45) is 0 Å². The lowest BCUT2D eigenvalue weighted by molar-refractivity contribution is 0.102. The Morgan fingerprint density at radius 2 is 1.87 bits per heavy atom. The molecule has 3 aromatic heterocycles. The van der Waals surface area contributed by atoms with Crippen LogP contribution in [0.2, 0.25) is 0 Å². The van der Waals surface area contributed by atoms with E-state index in [1.54, 1.807) is 11.6 Å². The summed E-state index contributed by atoms with van der Waals surface area (Å²) in [6, 6.07) is 8.68. The fourth-order valence-corrected chi connectivity index (χ4v) is 3.54. The molecule has 1 N–H and O–H groups in total. The molecule has 1 aromatic carbocycles. The van der Waals surface area contributed by atoms with Gasteiger partial charge in [-0.3, -0.25) is 9.48 Å². The Morgan fingerprint density at radius 1 is 1.16 bits per heavy atom. The van der Waals surface area contributed by atoms with Crippen molar-refractivity contribution in [3.63, 3.8) is 0 Å². The zero-order valence-electron chi connectivity index (χ0n) is 17.6. The molecule has 4 aromatic rings. The SMILES string of the molecule is CCn1nc(C)c(NC(=O)c2cnn3c(C(F)F)cc(-c4ccc(C)cc4)nc23)c1C. The molecule has 31 heavy (non-hydrogen) atoms. The van der Waals surface area contributed by atoms with Crippen molar-refractivity contribution in [2.45, 2.75) is 40.7 Å². The van der Waals surface area contributed by atoms with Gasteiger partial charge in [0, 0.05) is 12.1 Å². The number of nitrogens with zero attached hydrogens (tertiary/aromatic N) is 5. The molecule has 0 unspecified atom stereocenters. The molecule has 0 aliphatic rings. The maximum Gasteiger partial charge on any atom is 0.280 e. The lowest BCUT2D eigenvalue weighted by atomic mass is 10.1. The Kier molecular flexibility index (Phi) is 5.26. The third kappa shape index (κ3) is 3.67. The van der Waals surface area contributed by atoms with Crippen molar-refractivity contribution >= 4 is 17.2 Å². The molecular formula is C22H22F2N6O. The first-order valence-corrected chi connectivity index (χ1v) is 9.89. The predicted octanol–water partition coefficient (Wildman–Crippen LogP) is 4.73. The monoisotopic (exact) mass is 424 g/mol. The van der Waals surface area contributed by atoms with E-state index in [9.17, 15) is 13.6 Å². The normalized spacial score (nSPS) is 11.5. The van der Waals surface area contributed by atoms with Gasteiger partial charge in [0.1, 0.15) is 11.3 Å². The Bertz CT molecular complexity index is 1270. The number of rotatable bonds is 5. The fraction of sp³-hybridized carbons (Fsp3) is 0.273. The lowest BCUT2D eigenvalue weighted by Gasteiger charge is -2.09. The molecule has 0 saturated carbocycles. The highest BCUT2D eigenvalue weighted by Crippen LogP contribution is 2.28. The largest absolute Gasteiger partial charge is 0.319 e. The number of amides is 1. The van der Waals surface area contributed by atoms with Crippen LogP contribution in [0, 0.1) is 20.8 Å². The molecule has 0 spiro atoms. The first-order chi connectivity index (χ1) is 14.8. The number of anilines is 1. The summed E-state index contributed by atoms with van der Waals surface area (Å²) in [6.45, 7) is 8.22. The van der Waals surface area contributed by atoms with Crippen molar-refractivity contribution in [1.29, 1.82) is 0 Å². The van der Waals surface area contributed by atoms with Crippen molar-refractivity contribution < 1.29 is 13.6 Å². The van der Waals surface area contributed by atoms with Gasteiger partial charge in [-0.05, 0) is 33.8 Å². The van der Waals surface area contributed by atoms with E-state index in [-0.39, 0.29) is 16.9 Å². The van der Waals surface area contributed by atoms with E-state index >= 15 is 0 Å². The number of benzene rings is 1. The highest BCUT2D eigenvalue weighted by Gasteiger charge is 2.23. The van der Waals surface area contributed by atoms with Gasteiger partial charge in [-0.25, -0.2) is 18.3 Å². The smallest absolute Gasteiger partial charge is 0.280 e. The Balaban J connectivity index is 1.81. The summed E-state index contributed by atoms with van der Waals surface area (Å²) in [6.07, 6.45) is -1.52. The predicted molar refractivity (Wildman–Crippen MR) is 113 cm³/mol. The number of alkyl halides is 2. The molecule has 0 aliphatic carbocycles. The van der Waals surface area contributed by atoms with Gasteiger partial charge in [0.05, 0.1) is 29.0 Å². The van der Waals surface area contributed by atoms with E-state index < -0.39 is 12.3 Å². The minimum absolute atomic E-state index is 0.0732. The zero-order valence-corrected chi connectivity index (χ0v) is 17.6. The van der Waals surface area contributed by atoms with Gasteiger partial charge < -0.3 is 5.32 Å². The number of aromatic nitrogens is 5. The number of fused-ring (bicyclic) bond motifs is 1. The standard InChI is InChI=1S/C22H22F2N6O/c1-5-29-14(4)19(13(3)28-29)27-22(31)16-11-25-30-18(20(23)24)10-17(26-21(16)30)15-8-6-12(2)7-9-15/h6-11,20H,5H2,1-4H3,(H,27,31). The molecule has 160 valence electrons. The van der Waals surface area contributed by atoms with E-state index in [1.165, 1.54) is 12.3 Å². The summed E-state index contributed by atoms with van der Waals surface area (Å²) in [5.41, 5.74) is 4.00. The third-order valence-electron chi connectivity index (χ3n) is 5.23. The summed E-state index contributed by atoms with van der Waals surface area (Å²) in [5.74, 6) is -0.481. The summed E-state index contributed by atoms with van der Waals surface area (Å²) in [5, 5.41) is 11.2. The van der Waals surface area contributed by atoms with Crippen LogP contribution in [0.4, 0.5) is 14.5 Å². The van der Waals surface area contributed by atoms with Crippen LogP contribution >= 0.6 is 0 Å². The third-order valence-corrected chi connectivity index (χ3v) is 5.23. The summed E-state index contributed by atoms with van der Waals surface area (Å²) < 4.78 is 30.3. The van der Waals surface area contributed by atoms with Crippen LogP contribution in [0.25, 0.3) is 16.9 Å². The van der Waals surface area contributed by atoms with Crippen molar-refractivity contribution in [3.05, 3.63) is 64.7 Å². The first kappa shape index (κ1) is 20.6. The van der Waals surface area contributed by atoms with Crippen LogP contribution in [-0.2, 0) is 6.54 Å². The molecule has 1 amide bonds. The van der Waals surface area contributed by atoms with E-state index in [1.807, 2.05) is 45.0 Å². The zero-order chi connectivity index (χ0) is 22.3. The second-order valence-corrected chi connectivity index (χ2v) is 7.34. The average Bonchev–Trinajstić information content (AvgIpc) is 3.29. The van der Waals surface area contributed by atoms with Crippen molar-refractivity contribution in [1.82, 2.24) is 24.4 Å². The van der Waals surface area contributed by atoms with Gasteiger partial charge in [-0.1, -0.05) is 29.8 Å². The fourth-order valence-electron chi connectivity index (χ4n) is 3.54. The van der Waals surface area contributed by atoms with Crippen LogP contribution in [-0.4, -0.2) is 30.3 Å². The maximum absolute atomic E-state index is 13.8. The lowest BCUT2D eigenvalue weighted by Crippen LogP contribution is -2.14. The molecule has 0 saturated heterocycles. The van der Waals surface area contributed by atoms with Crippen LogP contribution in [0.3, 0.4) is 0 Å². The molecule has 0 fully saturated rings. The topological polar surface area (TPSA) is 77.1 Å². The summed E-state index contributed by atoms with van der Waals surface area (Å²) in [7, 11) is 0. The van der Waals surface area contributed by atoms with Crippen LogP contribution in [0.1, 0.15) is 46.4 Å². The molecule has 0 atom stereocenters. The molecule has 0 aliphatic heterocycles. The number of halogens is 2. The van der Waals surface area contributed by atoms with E-state index in [4.69, 9.17) is 0 Å². The summed E-state index contributed by atoms with van der Waals surface area (Å²) in [4.78, 5) is 17.5. The van der Waals surface area contributed by atoms with Crippen LogP contribution in [0.5, 0.6) is 0 Å². The van der Waals surface area contributed by atoms with E-state index in [2.05, 4.69) is 20.5 Å². The molecule has 0 radical (unpaired) electrons. The molecule has 0 bridgehead atoms. The van der Waals surface area contributed by atoms with Gasteiger partial charge in [0.2, 0.25) is 0 Å². The number of carbonyl (C=O) groups excluding carboxylic acids is 1. The second kappa shape index (κ2) is 7.90. The Hall–Kier alpha value is -3.62. The first-order valence-electron chi connectivity index (χ1n) is 9.89. The number of carbonyl (C=O) groups is 1. The van der Waals surface area contributed by atoms with Gasteiger partial charge in [-0.2, -0.15) is 10.2 Å². The van der Waals surface area contributed by atoms with Gasteiger partial charge in [-0.15, -0.1) is 0 Å². The second-order valence-electron chi connectivity index (χ2n) is 7.34. The number of aryl methyl sites for hydroxylation is 3. The van der Waals surface area contributed by atoms with Crippen molar-refractivity contribution in [3.8, 4) is 11.3 Å². The summed E-state index contributed by atoms with van der Waals surface area (Å²) >= 11 is 0. The Morgan fingerprint density at radius 3 is 2.48 bits per heavy atom. The number of hydrogen-bond donors (Lipinski definition) is 1. The van der Waals surface area contributed by atoms with Gasteiger partial charge in [0.15, 0.2) is 5.65 Å². The minimum atomic E-state index is -2.78. The molecule has 4 rings (SSSR count). The minimum Gasteiger partial charge on any atom is -0.319 e. The highest BCUT2D eigenvalue weighted by molar-refractivity contribution is 6.08. The molecular weight excluding hydrogens is 402 g/mol. The van der Waals surface area contributed by atoms with Crippen LogP contribution in [0.15, 0.2) is 36.5 Å². The van der Waals surface area contributed by atoms with Crippen LogP contribution < -0.4 is 5.32 Å². The van der Waals surface area contributed by atoms with E-state index in [0.29, 0.717) is 29.2 Å². The quantitative estimate of drug-likeness (QED) is 0.503. The number of hydrogen-bond acceptors (Lipinski definition) is 4. The highest BCUT2D eigenvalue weighted by atomic mass is 19.3. The van der Waals surface area contributed by atoms with Crippen molar-refractivity contribution in [2.75, 3.05) is 5.32 Å². The Labute approximate surface area is 177 Å². The number of nitrogens with one attached hydrogen (secondary N) is 1. The van der Waals surface area contributed by atoms with E-state index in [0.717, 1.165) is 15.8 Å². The molecule has 9 heteroatoms. The van der Waals surface area contributed by atoms with Gasteiger partial charge >= 0.3 is 0 Å². The average molecular weight is 424 g/mol. The molecule has 3 heterocycles. The molecule has 7 nitrogen and oxygen atoms in total. The van der Waals surface area contributed by atoms with Gasteiger partial charge in [0.25, 0.3) is 12.3 Å².